The molecule has 82 valence electrons. The van der Waals surface area contributed by atoms with E-state index in [1.165, 1.54) is 5.56 Å². The number of rotatable bonds is 1. The monoisotopic (exact) mass is 220 g/mol. The van der Waals surface area contributed by atoms with E-state index in [4.69, 9.17) is 0 Å². The van der Waals surface area contributed by atoms with E-state index in [2.05, 4.69) is 41.2 Å². The molecule has 0 saturated heterocycles. The predicted octanol–water partition coefficient (Wildman–Crippen LogP) is 3.56. The van der Waals surface area contributed by atoms with Crippen LogP contribution in [0.1, 0.15) is 5.56 Å². The van der Waals surface area contributed by atoms with Crippen molar-refractivity contribution in [2.24, 2.45) is 0 Å². The Labute approximate surface area is 100 Å². The number of imidazole rings is 1. The summed E-state index contributed by atoms with van der Waals surface area (Å²) in [7, 11) is 0. The summed E-state index contributed by atoms with van der Waals surface area (Å²) in [6, 6.07) is 18.2. The Balaban J connectivity index is 2.13. The first-order valence-corrected chi connectivity index (χ1v) is 5.63. The molecule has 0 radical (unpaired) electrons. The molecule has 0 aromatic heterocycles. The third-order valence-corrected chi connectivity index (χ3v) is 2.76. The second-order valence-electron chi connectivity index (χ2n) is 4.09. The maximum absolute atomic E-state index is 4.54. The standard InChI is InChI=1S/C15H12N2/c1-11-7-9-12(10-8-11)15-16-13-5-3-2-4-6-14(13)17-15/h2-10H,1H3. The Morgan fingerprint density at radius 3 is 1.88 bits per heavy atom. The van der Waals surface area contributed by atoms with Gasteiger partial charge in [-0.1, -0.05) is 48.0 Å². The minimum absolute atomic E-state index is 0.797. The molecule has 2 heteroatoms. The van der Waals surface area contributed by atoms with Gasteiger partial charge in [0.15, 0.2) is 5.82 Å². The summed E-state index contributed by atoms with van der Waals surface area (Å²) in [6.07, 6.45) is 0. The summed E-state index contributed by atoms with van der Waals surface area (Å²) in [6.45, 7) is 2.08. The average molecular weight is 220 g/mol. The van der Waals surface area contributed by atoms with Gasteiger partial charge < -0.3 is 0 Å². The molecule has 1 aromatic carbocycles. The minimum Gasteiger partial charge on any atom is -0.226 e. The SMILES string of the molecule is Cc1ccc(-c2nc3cccccc-3n2)cc1. The first-order chi connectivity index (χ1) is 8.33. The molecule has 1 aliphatic heterocycles. The Morgan fingerprint density at radius 2 is 1.29 bits per heavy atom. The average Bonchev–Trinajstić information content (AvgIpc) is 2.62. The minimum atomic E-state index is 0.797. The lowest BCUT2D eigenvalue weighted by Gasteiger charge is -1.95. The zero-order valence-electron chi connectivity index (χ0n) is 9.59. The van der Waals surface area contributed by atoms with Crippen molar-refractivity contribution >= 4 is 0 Å². The van der Waals surface area contributed by atoms with E-state index in [-0.39, 0.29) is 0 Å². The molecule has 1 heterocycles. The second kappa shape index (κ2) is 3.98. The van der Waals surface area contributed by atoms with Crippen molar-refractivity contribution in [3.05, 3.63) is 60.2 Å². The van der Waals surface area contributed by atoms with Crippen LogP contribution in [0.5, 0.6) is 0 Å². The van der Waals surface area contributed by atoms with Gasteiger partial charge in [0.2, 0.25) is 0 Å². The van der Waals surface area contributed by atoms with Gasteiger partial charge in [0.05, 0.1) is 11.4 Å². The first-order valence-electron chi connectivity index (χ1n) is 5.63. The summed E-state index contributed by atoms with van der Waals surface area (Å²) in [5.41, 5.74) is 4.18. The molecule has 0 amide bonds. The summed E-state index contributed by atoms with van der Waals surface area (Å²) in [5.74, 6) is 0.797. The molecule has 0 atom stereocenters. The second-order valence-corrected chi connectivity index (χ2v) is 4.09. The van der Waals surface area contributed by atoms with Crippen LogP contribution < -0.4 is 0 Å². The fourth-order valence-electron chi connectivity index (χ4n) is 1.80. The fourth-order valence-corrected chi connectivity index (χ4v) is 1.80. The number of hydrogen-bond acceptors (Lipinski definition) is 2. The van der Waals surface area contributed by atoms with Crippen molar-refractivity contribution in [2.75, 3.05) is 0 Å². The molecule has 1 aliphatic carbocycles. The Hall–Kier alpha value is -2.22. The van der Waals surface area contributed by atoms with E-state index in [0.29, 0.717) is 0 Å². The Kier molecular flexibility index (Phi) is 2.33. The Bertz CT molecular complexity index is 583. The van der Waals surface area contributed by atoms with Crippen LogP contribution in [-0.2, 0) is 0 Å². The smallest absolute Gasteiger partial charge is 0.160 e. The molecular formula is C15H12N2. The number of aryl methyl sites for hydroxylation is 1. The van der Waals surface area contributed by atoms with Crippen LogP contribution in [0.25, 0.3) is 22.8 Å². The summed E-state index contributed by atoms with van der Waals surface area (Å²) in [5, 5.41) is 0. The van der Waals surface area contributed by atoms with Crippen molar-refractivity contribution in [1.82, 2.24) is 9.97 Å². The van der Waals surface area contributed by atoms with E-state index in [9.17, 15) is 0 Å². The summed E-state index contributed by atoms with van der Waals surface area (Å²) >= 11 is 0. The van der Waals surface area contributed by atoms with Crippen LogP contribution in [0.15, 0.2) is 54.6 Å². The lowest BCUT2D eigenvalue weighted by Crippen LogP contribution is -1.79. The third-order valence-electron chi connectivity index (χ3n) is 2.76. The Morgan fingerprint density at radius 1 is 0.706 bits per heavy atom. The van der Waals surface area contributed by atoms with Gasteiger partial charge in [-0.3, -0.25) is 0 Å². The summed E-state index contributed by atoms with van der Waals surface area (Å²) in [4.78, 5) is 9.08. The highest BCUT2D eigenvalue weighted by Gasteiger charge is 2.09. The predicted molar refractivity (Wildman–Crippen MR) is 68.8 cm³/mol. The van der Waals surface area contributed by atoms with Crippen molar-refractivity contribution < 1.29 is 0 Å². The lowest BCUT2D eigenvalue weighted by molar-refractivity contribution is 1.32. The van der Waals surface area contributed by atoms with E-state index >= 15 is 0 Å². The van der Waals surface area contributed by atoms with Crippen LogP contribution in [-0.4, -0.2) is 9.97 Å². The van der Waals surface area contributed by atoms with Crippen molar-refractivity contribution in [2.45, 2.75) is 6.92 Å². The zero-order chi connectivity index (χ0) is 11.7. The van der Waals surface area contributed by atoms with Crippen molar-refractivity contribution in [3.63, 3.8) is 0 Å². The molecule has 2 nitrogen and oxygen atoms in total. The van der Waals surface area contributed by atoms with Gasteiger partial charge in [0.25, 0.3) is 0 Å². The molecule has 0 saturated carbocycles. The molecule has 0 spiro atoms. The zero-order valence-corrected chi connectivity index (χ0v) is 9.59. The number of fused-ring (bicyclic) bond motifs is 1. The lowest BCUT2D eigenvalue weighted by atomic mass is 10.1. The van der Waals surface area contributed by atoms with E-state index in [1.807, 2.05) is 30.3 Å². The molecule has 0 fully saturated rings. The fraction of sp³-hybridized carbons (Fsp3) is 0.0667. The summed E-state index contributed by atoms with van der Waals surface area (Å²) < 4.78 is 0. The van der Waals surface area contributed by atoms with Crippen LogP contribution in [0.4, 0.5) is 0 Å². The highest BCUT2D eigenvalue weighted by Crippen LogP contribution is 2.23. The van der Waals surface area contributed by atoms with Crippen LogP contribution in [0.2, 0.25) is 0 Å². The molecule has 0 unspecified atom stereocenters. The van der Waals surface area contributed by atoms with E-state index < -0.39 is 0 Å². The number of nitrogens with zero attached hydrogens (tertiary/aromatic N) is 2. The molecular weight excluding hydrogens is 208 g/mol. The van der Waals surface area contributed by atoms with Gasteiger partial charge in [-0.2, -0.15) is 0 Å². The van der Waals surface area contributed by atoms with Gasteiger partial charge in [-0.05, 0) is 19.1 Å². The molecule has 3 rings (SSSR count). The van der Waals surface area contributed by atoms with E-state index in [1.54, 1.807) is 0 Å². The topological polar surface area (TPSA) is 25.8 Å². The highest BCUT2D eigenvalue weighted by atomic mass is 14.9. The first kappa shape index (κ1) is 9.97. The number of benzene rings is 1. The van der Waals surface area contributed by atoms with Gasteiger partial charge in [-0.15, -0.1) is 0 Å². The number of hydrogen-bond donors (Lipinski definition) is 0. The maximum atomic E-state index is 4.54. The van der Waals surface area contributed by atoms with Crippen LogP contribution in [0, 0.1) is 6.92 Å². The normalized spacial score (nSPS) is 10.6. The number of aromatic nitrogens is 2. The molecule has 0 bridgehead atoms. The van der Waals surface area contributed by atoms with E-state index in [0.717, 1.165) is 22.8 Å². The molecule has 0 N–H and O–H groups in total. The van der Waals surface area contributed by atoms with Gasteiger partial charge in [0, 0.05) is 5.56 Å². The van der Waals surface area contributed by atoms with Gasteiger partial charge in [-0.25, -0.2) is 9.97 Å². The van der Waals surface area contributed by atoms with Crippen LogP contribution >= 0.6 is 0 Å². The van der Waals surface area contributed by atoms with Crippen molar-refractivity contribution in [1.29, 1.82) is 0 Å². The quantitative estimate of drug-likeness (QED) is 0.626. The third kappa shape index (κ3) is 1.89. The molecule has 17 heavy (non-hydrogen) atoms. The van der Waals surface area contributed by atoms with Gasteiger partial charge >= 0.3 is 0 Å². The van der Waals surface area contributed by atoms with Crippen molar-refractivity contribution in [3.8, 4) is 22.8 Å². The highest BCUT2D eigenvalue weighted by molar-refractivity contribution is 5.65. The largest absolute Gasteiger partial charge is 0.226 e. The molecule has 2 aliphatic rings. The van der Waals surface area contributed by atoms with Crippen LogP contribution in [0.3, 0.4) is 0 Å². The molecule has 1 aromatic rings. The maximum Gasteiger partial charge on any atom is 0.160 e. The van der Waals surface area contributed by atoms with Gasteiger partial charge in [0.1, 0.15) is 0 Å².